The molecule has 0 bridgehead atoms. The van der Waals surface area contributed by atoms with E-state index in [9.17, 15) is 9.90 Å². The minimum Gasteiger partial charge on any atom is -0.506 e. The summed E-state index contributed by atoms with van der Waals surface area (Å²) < 4.78 is 0. The van der Waals surface area contributed by atoms with Gasteiger partial charge in [-0.05, 0) is 12.5 Å². The number of pyridine rings is 1. The maximum atomic E-state index is 12.0. The van der Waals surface area contributed by atoms with Gasteiger partial charge in [0.25, 0.3) is 5.91 Å². The maximum absolute atomic E-state index is 12.0. The Hall–Kier alpha value is -2.02. The van der Waals surface area contributed by atoms with E-state index >= 15 is 0 Å². The number of amides is 1. The van der Waals surface area contributed by atoms with Gasteiger partial charge in [-0.25, -0.2) is 0 Å². The van der Waals surface area contributed by atoms with Gasteiger partial charge < -0.3 is 10.0 Å². The molecule has 0 atom stereocenters. The molecule has 1 heterocycles. The van der Waals surface area contributed by atoms with Gasteiger partial charge in [0, 0.05) is 12.7 Å². The summed E-state index contributed by atoms with van der Waals surface area (Å²) in [6.45, 7) is 2.83. The third-order valence-electron chi connectivity index (χ3n) is 2.03. The highest BCUT2D eigenvalue weighted by Crippen LogP contribution is 2.11. The van der Waals surface area contributed by atoms with Gasteiger partial charge in [-0.3, -0.25) is 9.78 Å². The van der Waals surface area contributed by atoms with Crippen molar-refractivity contribution in [1.29, 1.82) is 0 Å². The van der Waals surface area contributed by atoms with Crippen LogP contribution in [-0.4, -0.2) is 34.0 Å². The van der Waals surface area contributed by atoms with Crippen LogP contribution in [0.1, 0.15) is 23.7 Å². The molecule has 0 unspecified atom stereocenters. The molecule has 0 saturated heterocycles. The first-order chi connectivity index (χ1) is 7.69. The monoisotopic (exact) mass is 218 g/mol. The molecule has 0 aliphatic rings. The van der Waals surface area contributed by atoms with Crippen LogP contribution in [0.25, 0.3) is 0 Å². The lowest BCUT2D eigenvalue weighted by Crippen LogP contribution is -2.32. The zero-order valence-electron chi connectivity index (χ0n) is 9.18. The Labute approximate surface area is 94.9 Å². The van der Waals surface area contributed by atoms with E-state index in [1.54, 1.807) is 4.90 Å². The van der Waals surface area contributed by atoms with E-state index in [1.165, 1.54) is 18.5 Å². The van der Waals surface area contributed by atoms with Gasteiger partial charge in [-0.15, -0.1) is 6.42 Å². The summed E-state index contributed by atoms with van der Waals surface area (Å²) >= 11 is 0. The van der Waals surface area contributed by atoms with Crippen LogP contribution in [0, 0.1) is 12.3 Å². The van der Waals surface area contributed by atoms with Gasteiger partial charge in [-0.2, -0.15) is 0 Å². The number of hydrogen-bond acceptors (Lipinski definition) is 3. The van der Waals surface area contributed by atoms with E-state index in [1.807, 2.05) is 6.92 Å². The van der Waals surface area contributed by atoms with E-state index < -0.39 is 0 Å². The Kier molecular flexibility index (Phi) is 4.34. The van der Waals surface area contributed by atoms with Crippen molar-refractivity contribution in [2.24, 2.45) is 0 Å². The highest BCUT2D eigenvalue weighted by molar-refractivity contribution is 5.94. The number of nitrogens with zero attached hydrogens (tertiary/aromatic N) is 2. The van der Waals surface area contributed by atoms with Crippen molar-refractivity contribution in [3.05, 3.63) is 24.0 Å². The van der Waals surface area contributed by atoms with Crippen molar-refractivity contribution < 1.29 is 9.90 Å². The molecule has 4 heteroatoms. The number of carbonyl (C=O) groups is 1. The first-order valence-corrected chi connectivity index (χ1v) is 5.05. The molecule has 1 aromatic rings. The highest BCUT2D eigenvalue weighted by Gasteiger charge is 2.14. The number of aromatic nitrogens is 1. The van der Waals surface area contributed by atoms with Crippen molar-refractivity contribution in [3.63, 3.8) is 0 Å². The smallest absolute Gasteiger partial charge is 0.256 e. The Morgan fingerprint density at radius 3 is 2.94 bits per heavy atom. The lowest BCUT2D eigenvalue weighted by Gasteiger charge is -2.19. The molecule has 0 aromatic carbocycles. The highest BCUT2D eigenvalue weighted by atomic mass is 16.3. The predicted octanol–water partition coefficient (Wildman–Crippen LogP) is 1.27. The van der Waals surface area contributed by atoms with Crippen LogP contribution in [0.5, 0.6) is 5.75 Å². The van der Waals surface area contributed by atoms with Gasteiger partial charge in [0.15, 0.2) is 0 Å². The molecule has 0 spiro atoms. The number of rotatable bonds is 4. The Morgan fingerprint density at radius 2 is 2.38 bits per heavy atom. The summed E-state index contributed by atoms with van der Waals surface area (Å²) in [4.78, 5) is 17.3. The zero-order chi connectivity index (χ0) is 12.0. The minimum absolute atomic E-state index is 0.0250. The maximum Gasteiger partial charge on any atom is 0.256 e. The second kappa shape index (κ2) is 5.76. The summed E-state index contributed by atoms with van der Waals surface area (Å²) in [5.74, 6) is 2.21. The average Bonchev–Trinajstić information content (AvgIpc) is 2.28. The number of hydrogen-bond donors (Lipinski definition) is 1. The molecule has 1 amide bonds. The van der Waals surface area contributed by atoms with E-state index in [4.69, 9.17) is 6.42 Å². The Balaban J connectivity index is 2.86. The Bertz CT molecular complexity index is 410. The van der Waals surface area contributed by atoms with E-state index in [0.717, 1.165) is 6.42 Å². The fourth-order valence-electron chi connectivity index (χ4n) is 1.36. The quantitative estimate of drug-likeness (QED) is 0.774. The van der Waals surface area contributed by atoms with E-state index in [2.05, 4.69) is 10.9 Å². The second-order valence-electron chi connectivity index (χ2n) is 3.36. The van der Waals surface area contributed by atoms with Crippen molar-refractivity contribution in [2.75, 3.05) is 13.1 Å². The van der Waals surface area contributed by atoms with Crippen molar-refractivity contribution in [1.82, 2.24) is 9.88 Å². The molecule has 1 N–H and O–H groups in total. The Morgan fingerprint density at radius 1 is 1.62 bits per heavy atom. The average molecular weight is 218 g/mol. The van der Waals surface area contributed by atoms with E-state index in [0.29, 0.717) is 12.1 Å². The SMILES string of the molecule is C#CCN(CCC)C(=O)c1cncc(O)c1. The topological polar surface area (TPSA) is 53.4 Å². The van der Waals surface area contributed by atoms with Crippen LogP contribution in [-0.2, 0) is 0 Å². The molecule has 1 rings (SSSR count). The van der Waals surface area contributed by atoms with E-state index in [-0.39, 0.29) is 18.2 Å². The normalized spacial score (nSPS) is 9.50. The lowest BCUT2D eigenvalue weighted by molar-refractivity contribution is 0.0776. The van der Waals surface area contributed by atoms with Crippen LogP contribution < -0.4 is 0 Å². The standard InChI is InChI=1S/C12H14N2O2/c1-3-5-14(6-4-2)12(16)10-7-11(15)9-13-8-10/h1,7-9,15H,4-6H2,2H3. The number of aromatic hydroxyl groups is 1. The molecule has 16 heavy (non-hydrogen) atoms. The fraction of sp³-hybridized carbons (Fsp3) is 0.333. The van der Waals surface area contributed by atoms with Crippen LogP contribution in [0.15, 0.2) is 18.5 Å². The molecule has 0 radical (unpaired) electrons. The lowest BCUT2D eigenvalue weighted by atomic mass is 10.2. The molecule has 0 saturated carbocycles. The van der Waals surface area contributed by atoms with Crippen LogP contribution in [0.3, 0.4) is 0 Å². The summed E-state index contributed by atoms with van der Waals surface area (Å²) in [5.41, 5.74) is 0.351. The van der Waals surface area contributed by atoms with Crippen LogP contribution >= 0.6 is 0 Å². The number of terminal acetylenes is 1. The minimum atomic E-state index is -0.205. The molecule has 1 aromatic heterocycles. The molecular formula is C12H14N2O2. The first-order valence-electron chi connectivity index (χ1n) is 5.05. The molecule has 4 nitrogen and oxygen atoms in total. The molecule has 84 valence electrons. The molecule has 0 fully saturated rings. The van der Waals surface area contributed by atoms with Gasteiger partial charge in [0.2, 0.25) is 0 Å². The third-order valence-corrected chi connectivity index (χ3v) is 2.03. The predicted molar refractivity (Wildman–Crippen MR) is 60.9 cm³/mol. The van der Waals surface area contributed by atoms with Crippen molar-refractivity contribution in [3.8, 4) is 18.1 Å². The van der Waals surface area contributed by atoms with Gasteiger partial charge in [0.05, 0.1) is 18.3 Å². The summed E-state index contributed by atoms with van der Waals surface area (Å²) in [6, 6.07) is 1.38. The van der Waals surface area contributed by atoms with Gasteiger partial charge in [0.1, 0.15) is 5.75 Å². The third kappa shape index (κ3) is 2.99. The van der Waals surface area contributed by atoms with Crippen molar-refractivity contribution in [2.45, 2.75) is 13.3 Å². The second-order valence-corrected chi connectivity index (χ2v) is 3.36. The number of carbonyl (C=O) groups excluding carboxylic acids is 1. The summed E-state index contributed by atoms with van der Waals surface area (Å²) in [5, 5.41) is 9.23. The fourth-order valence-corrected chi connectivity index (χ4v) is 1.36. The summed E-state index contributed by atoms with van der Waals surface area (Å²) in [6.07, 6.45) is 8.73. The first kappa shape index (κ1) is 12.1. The van der Waals surface area contributed by atoms with Crippen LogP contribution in [0.4, 0.5) is 0 Å². The largest absolute Gasteiger partial charge is 0.506 e. The van der Waals surface area contributed by atoms with Gasteiger partial charge in [-0.1, -0.05) is 12.8 Å². The zero-order valence-corrected chi connectivity index (χ0v) is 9.18. The molecule has 0 aliphatic heterocycles. The van der Waals surface area contributed by atoms with Crippen LogP contribution in [0.2, 0.25) is 0 Å². The van der Waals surface area contributed by atoms with Gasteiger partial charge >= 0.3 is 0 Å². The summed E-state index contributed by atoms with van der Waals surface area (Å²) in [7, 11) is 0. The van der Waals surface area contributed by atoms with Crippen molar-refractivity contribution >= 4 is 5.91 Å². The molecular weight excluding hydrogens is 204 g/mol. The molecule has 0 aliphatic carbocycles.